The average molecular weight is 436 g/mol. The zero-order valence-electron chi connectivity index (χ0n) is 18.0. The molecule has 1 aromatic heterocycles. The molecule has 0 radical (unpaired) electrons. The highest BCUT2D eigenvalue weighted by atomic mass is 19.1. The predicted molar refractivity (Wildman–Crippen MR) is 121 cm³/mol. The van der Waals surface area contributed by atoms with Gasteiger partial charge >= 0.3 is 0 Å². The summed E-state index contributed by atoms with van der Waals surface area (Å²) in [5.74, 6) is 1.23. The fourth-order valence-electron chi connectivity index (χ4n) is 3.79. The van der Waals surface area contributed by atoms with Crippen LogP contribution in [-0.4, -0.2) is 43.2 Å². The second-order valence-corrected chi connectivity index (χ2v) is 7.62. The molecule has 7 nitrogen and oxygen atoms in total. The number of carbonyl (C=O) groups is 1. The Morgan fingerprint density at radius 3 is 2.50 bits per heavy atom. The maximum absolute atomic E-state index is 13.1. The fraction of sp³-hybridized carbons (Fsp3) is 0.292. The van der Waals surface area contributed by atoms with E-state index in [1.807, 2.05) is 4.90 Å². The van der Waals surface area contributed by atoms with Crippen LogP contribution in [0.2, 0.25) is 0 Å². The molecule has 1 atom stereocenters. The summed E-state index contributed by atoms with van der Waals surface area (Å²) in [6.07, 6.45) is 5.10. The van der Waals surface area contributed by atoms with Crippen molar-refractivity contribution in [2.75, 3.05) is 37.5 Å². The number of hydrogen-bond acceptors (Lipinski definition) is 6. The molecular weight excluding hydrogens is 411 g/mol. The van der Waals surface area contributed by atoms with E-state index in [1.54, 1.807) is 56.9 Å². The van der Waals surface area contributed by atoms with E-state index in [-0.39, 0.29) is 17.6 Å². The molecule has 8 heteroatoms. The van der Waals surface area contributed by atoms with Crippen molar-refractivity contribution in [2.45, 2.75) is 12.8 Å². The normalized spacial score (nSPS) is 15.8. The van der Waals surface area contributed by atoms with Crippen LogP contribution in [0.4, 0.5) is 16.0 Å². The second-order valence-electron chi connectivity index (χ2n) is 7.62. The van der Waals surface area contributed by atoms with E-state index in [2.05, 4.69) is 15.3 Å². The van der Waals surface area contributed by atoms with Crippen LogP contribution in [0.25, 0.3) is 11.1 Å². The van der Waals surface area contributed by atoms with Gasteiger partial charge in [0.2, 0.25) is 11.9 Å². The molecule has 1 unspecified atom stereocenters. The number of hydrogen-bond donors (Lipinski definition) is 1. The number of methoxy groups -OCH3 is 2. The minimum atomic E-state index is -0.281. The summed E-state index contributed by atoms with van der Waals surface area (Å²) in [5.41, 5.74) is 2.27. The highest BCUT2D eigenvalue weighted by Gasteiger charge is 2.27. The molecule has 1 aliphatic heterocycles. The Bertz CT molecular complexity index is 1070. The van der Waals surface area contributed by atoms with E-state index >= 15 is 0 Å². The van der Waals surface area contributed by atoms with Crippen LogP contribution in [0.3, 0.4) is 0 Å². The summed E-state index contributed by atoms with van der Waals surface area (Å²) in [6, 6.07) is 11.5. The van der Waals surface area contributed by atoms with E-state index in [1.165, 1.54) is 12.1 Å². The number of anilines is 2. The first-order chi connectivity index (χ1) is 15.6. The molecule has 2 heterocycles. The maximum atomic E-state index is 13.1. The molecule has 4 rings (SSSR count). The lowest BCUT2D eigenvalue weighted by Gasteiger charge is -2.32. The molecule has 0 spiro atoms. The maximum Gasteiger partial charge on any atom is 0.229 e. The predicted octanol–water partition coefficient (Wildman–Crippen LogP) is 4.16. The molecule has 0 saturated carbocycles. The highest BCUT2D eigenvalue weighted by molar-refractivity contribution is 5.94. The van der Waals surface area contributed by atoms with E-state index in [0.717, 1.165) is 30.5 Å². The Morgan fingerprint density at radius 2 is 1.81 bits per heavy atom. The first kappa shape index (κ1) is 21.5. The summed E-state index contributed by atoms with van der Waals surface area (Å²) in [6.45, 7) is 1.31. The quantitative estimate of drug-likeness (QED) is 0.626. The summed E-state index contributed by atoms with van der Waals surface area (Å²) in [5, 5.41) is 2.97. The zero-order chi connectivity index (χ0) is 22.5. The molecule has 0 aliphatic carbocycles. The zero-order valence-corrected chi connectivity index (χ0v) is 18.0. The van der Waals surface area contributed by atoms with E-state index in [0.29, 0.717) is 29.7 Å². The van der Waals surface area contributed by atoms with Gasteiger partial charge in [-0.3, -0.25) is 4.79 Å². The third kappa shape index (κ3) is 4.80. The third-order valence-corrected chi connectivity index (χ3v) is 5.56. The number of halogens is 1. The van der Waals surface area contributed by atoms with Crippen LogP contribution in [0.1, 0.15) is 12.8 Å². The van der Waals surface area contributed by atoms with Gasteiger partial charge in [-0.2, -0.15) is 0 Å². The number of nitrogens with one attached hydrogen (secondary N) is 1. The van der Waals surface area contributed by atoms with E-state index < -0.39 is 0 Å². The van der Waals surface area contributed by atoms with Crippen molar-refractivity contribution in [3.63, 3.8) is 0 Å². The number of nitrogens with zero attached hydrogens (tertiary/aromatic N) is 3. The molecule has 0 bridgehead atoms. The van der Waals surface area contributed by atoms with Crippen molar-refractivity contribution in [3.8, 4) is 22.6 Å². The van der Waals surface area contributed by atoms with Gasteiger partial charge in [0.25, 0.3) is 0 Å². The van der Waals surface area contributed by atoms with Crippen LogP contribution < -0.4 is 19.7 Å². The summed E-state index contributed by atoms with van der Waals surface area (Å²) in [7, 11) is 3.14. The van der Waals surface area contributed by atoms with Crippen molar-refractivity contribution < 1.29 is 18.7 Å². The lowest BCUT2D eigenvalue weighted by molar-refractivity contribution is -0.120. The third-order valence-electron chi connectivity index (χ3n) is 5.56. The fourth-order valence-corrected chi connectivity index (χ4v) is 3.79. The SMILES string of the molecule is COc1ccc(NC(=O)C2CCCN(c3ncc(-c4ccc(F)cc4)cn3)C2)c(OC)c1. The molecule has 1 N–H and O–H groups in total. The largest absolute Gasteiger partial charge is 0.497 e. The lowest BCUT2D eigenvalue weighted by atomic mass is 9.97. The molecule has 32 heavy (non-hydrogen) atoms. The van der Waals surface area contributed by atoms with Gasteiger partial charge in [-0.1, -0.05) is 12.1 Å². The van der Waals surface area contributed by atoms with Crippen LogP contribution in [0, 0.1) is 11.7 Å². The topological polar surface area (TPSA) is 76.6 Å². The lowest BCUT2D eigenvalue weighted by Crippen LogP contribution is -2.41. The Hall–Kier alpha value is -3.68. The Balaban J connectivity index is 1.43. The second kappa shape index (κ2) is 9.64. The van der Waals surface area contributed by atoms with E-state index in [9.17, 15) is 9.18 Å². The standard InChI is InChI=1S/C24H25FN4O3/c1-31-20-9-10-21(22(12-20)32-2)28-23(30)17-4-3-11-29(15-17)24-26-13-18(14-27-24)16-5-7-19(25)8-6-16/h5-10,12-14,17H,3-4,11,15H2,1-2H3,(H,28,30). The van der Waals surface area contributed by atoms with Crippen molar-refractivity contribution in [2.24, 2.45) is 5.92 Å². The summed E-state index contributed by atoms with van der Waals surface area (Å²) >= 11 is 0. The van der Waals surface area contributed by atoms with Gasteiger partial charge in [0.05, 0.1) is 25.8 Å². The van der Waals surface area contributed by atoms with Crippen LogP contribution in [0.15, 0.2) is 54.9 Å². The van der Waals surface area contributed by atoms with Crippen molar-refractivity contribution >= 4 is 17.5 Å². The van der Waals surface area contributed by atoms with Crippen molar-refractivity contribution in [1.82, 2.24) is 9.97 Å². The molecular formula is C24H25FN4O3. The summed E-state index contributed by atoms with van der Waals surface area (Å²) in [4.78, 5) is 23.9. The molecule has 1 amide bonds. The average Bonchev–Trinajstić information content (AvgIpc) is 2.85. The Labute approximate surface area is 186 Å². The molecule has 1 aliphatic rings. The molecule has 2 aromatic carbocycles. The first-order valence-electron chi connectivity index (χ1n) is 10.4. The number of carbonyl (C=O) groups excluding carboxylic acids is 1. The number of benzene rings is 2. The van der Waals surface area contributed by atoms with Gasteiger partial charge in [0.1, 0.15) is 17.3 Å². The van der Waals surface area contributed by atoms with Crippen molar-refractivity contribution in [1.29, 1.82) is 0 Å². The van der Waals surface area contributed by atoms with Crippen LogP contribution in [0.5, 0.6) is 11.5 Å². The van der Waals surface area contributed by atoms with Gasteiger partial charge in [-0.05, 0) is 42.7 Å². The number of ether oxygens (including phenoxy) is 2. The van der Waals surface area contributed by atoms with Crippen LogP contribution >= 0.6 is 0 Å². The first-order valence-corrected chi connectivity index (χ1v) is 10.4. The van der Waals surface area contributed by atoms with Gasteiger partial charge in [-0.25, -0.2) is 14.4 Å². The molecule has 1 fully saturated rings. The minimum Gasteiger partial charge on any atom is -0.497 e. The molecule has 166 valence electrons. The van der Waals surface area contributed by atoms with Gasteiger partial charge in [0, 0.05) is 37.1 Å². The monoisotopic (exact) mass is 436 g/mol. The number of amides is 1. The van der Waals surface area contributed by atoms with E-state index in [4.69, 9.17) is 9.47 Å². The van der Waals surface area contributed by atoms with Gasteiger partial charge in [-0.15, -0.1) is 0 Å². The van der Waals surface area contributed by atoms with Crippen molar-refractivity contribution in [3.05, 3.63) is 60.7 Å². The highest BCUT2D eigenvalue weighted by Crippen LogP contribution is 2.30. The Kier molecular flexibility index (Phi) is 6.49. The Morgan fingerprint density at radius 1 is 1.06 bits per heavy atom. The number of piperidine rings is 1. The van der Waals surface area contributed by atoms with Gasteiger partial charge < -0.3 is 19.7 Å². The van der Waals surface area contributed by atoms with Gasteiger partial charge in [0.15, 0.2) is 0 Å². The number of aromatic nitrogens is 2. The number of rotatable bonds is 6. The minimum absolute atomic E-state index is 0.0684. The molecule has 1 saturated heterocycles. The summed E-state index contributed by atoms with van der Waals surface area (Å²) < 4.78 is 23.7. The molecule has 3 aromatic rings. The smallest absolute Gasteiger partial charge is 0.229 e. The van der Waals surface area contributed by atoms with Crippen LogP contribution in [-0.2, 0) is 4.79 Å².